The number of benzene rings is 1. The maximum Gasteiger partial charge on any atom is 0.268 e. The Balaban J connectivity index is 1.73. The van der Waals surface area contributed by atoms with Gasteiger partial charge in [0, 0.05) is 43.6 Å². The molecule has 1 fully saturated rings. The van der Waals surface area contributed by atoms with Crippen molar-refractivity contribution in [3.8, 4) is 0 Å². The summed E-state index contributed by atoms with van der Waals surface area (Å²) in [6.45, 7) is 16.2. The van der Waals surface area contributed by atoms with Crippen LogP contribution in [0.15, 0.2) is 64.4 Å². The molecule has 3 rings (SSSR count). The highest BCUT2D eigenvalue weighted by molar-refractivity contribution is 6.39. The summed E-state index contributed by atoms with van der Waals surface area (Å²) < 4.78 is 5.94. The zero-order valence-corrected chi connectivity index (χ0v) is 24.0. The lowest BCUT2D eigenvalue weighted by Gasteiger charge is -2.38. The van der Waals surface area contributed by atoms with Gasteiger partial charge in [0.25, 0.3) is 5.91 Å². The summed E-state index contributed by atoms with van der Waals surface area (Å²) in [5, 5.41) is 3.23. The molecular weight excluding hydrogens is 490 g/mol. The van der Waals surface area contributed by atoms with Gasteiger partial charge >= 0.3 is 0 Å². The van der Waals surface area contributed by atoms with Crippen LogP contribution < -0.4 is 5.32 Å². The Kier molecular flexibility index (Phi) is 10.9. The van der Waals surface area contributed by atoms with Gasteiger partial charge in [-0.2, -0.15) is 0 Å². The summed E-state index contributed by atoms with van der Waals surface area (Å²) in [7, 11) is 2.08. The van der Waals surface area contributed by atoms with Crippen molar-refractivity contribution < 1.29 is 9.53 Å². The summed E-state index contributed by atoms with van der Waals surface area (Å²) in [4.78, 5) is 35.1. The van der Waals surface area contributed by atoms with Crippen LogP contribution in [0.3, 0.4) is 0 Å². The Morgan fingerprint density at radius 2 is 2.00 bits per heavy atom. The molecule has 1 aliphatic heterocycles. The Morgan fingerprint density at radius 3 is 2.62 bits per heavy atom. The van der Waals surface area contributed by atoms with Gasteiger partial charge in [0.15, 0.2) is 0 Å². The minimum atomic E-state index is 0.0147. The van der Waals surface area contributed by atoms with Crippen LogP contribution in [0, 0.1) is 0 Å². The zero-order valence-electron chi connectivity index (χ0n) is 24.0. The standard InChI is InChI=1S/C30H41N7O2/c1-8-22(5)39-25(9-2)19-28(31-6)27-15-16-32-30(35-27)34-24-13-11-23(12-14-24)33-26(10-3)29(38)37-18-17-36(7)20-21(37)4/h9,11-16,19,21-22H,6,8,10,17-18,20H2,1-5,7H3,(H,32,34,35)/b25-9?,28-19-,33-26?. The van der Waals surface area contributed by atoms with Crippen molar-refractivity contribution in [3.05, 3.63) is 60.1 Å². The van der Waals surface area contributed by atoms with E-state index < -0.39 is 0 Å². The molecule has 9 heteroatoms. The van der Waals surface area contributed by atoms with Gasteiger partial charge in [0.1, 0.15) is 11.5 Å². The average molecular weight is 532 g/mol. The van der Waals surface area contributed by atoms with Crippen molar-refractivity contribution in [2.45, 2.75) is 59.6 Å². The number of anilines is 2. The molecule has 0 radical (unpaired) electrons. The highest BCUT2D eigenvalue weighted by atomic mass is 16.5. The first kappa shape index (κ1) is 29.7. The van der Waals surface area contributed by atoms with Crippen molar-refractivity contribution in [2.24, 2.45) is 9.98 Å². The van der Waals surface area contributed by atoms with Crippen LogP contribution in [0.4, 0.5) is 17.3 Å². The van der Waals surface area contributed by atoms with Crippen molar-refractivity contribution in [1.29, 1.82) is 0 Å². The molecule has 1 aromatic carbocycles. The molecule has 39 heavy (non-hydrogen) atoms. The number of piperazine rings is 1. The minimum Gasteiger partial charge on any atom is -0.491 e. The predicted molar refractivity (Wildman–Crippen MR) is 160 cm³/mol. The maximum absolute atomic E-state index is 13.1. The van der Waals surface area contributed by atoms with Crippen LogP contribution in [0.5, 0.6) is 0 Å². The lowest BCUT2D eigenvalue weighted by atomic mass is 10.1. The van der Waals surface area contributed by atoms with Crippen molar-refractivity contribution in [1.82, 2.24) is 19.8 Å². The van der Waals surface area contributed by atoms with Gasteiger partial charge in [-0.15, -0.1) is 0 Å². The third-order valence-corrected chi connectivity index (χ3v) is 6.62. The van der Waals surface area contributed by atoms with Crippen LogP contribution in [0.2, 0.25) is 0 Å². The summed E-state index contributed by atoms with van der Waals surface area (Å²) in [6, 6.07) is 9.49. The largest absolute Gasteiger partial charge is 0.491 e. The Labute approximate surface area is 232 Å². The molecule has 2 atom stereocenters. The molecule has 1 N–H and O–H groups in total. The number of rotatable bonds is 11. The Hall–Kier alpha value is -3.85. The molecule has 208 valence electrons. The van der Waals surface area contributed by atoms with E-state index in [0.29, 0.717) is 35.2 Å². The van der Waals surface area contributed by atoms with Gasteiger partial charge in [-0.25, -0.2) is 15.0 Å². The number of hydrogen-bond acceptors (Lipinski definition) is 8. The van der Waals surface area contributed by atoms with Gasteiger partial charge in [-0.05, 0) is 83.8 Å². The fourth-order valence-corrected chi connectivity index (χ4v) is 4.19. The molecular formula is C30H41N7O2. The first-order valence-electron chi connectivity index (χ1n) is 13.6. The normalized spacial score (nSPS) is 18.1. The van der Waals surface area contributed by atoms with Gasteiger partial charge in [-0.3, -0.25) is 9.79 Å². The SMILES string of the molecule is C=N/C(=C\C(=CC)OC(C)CC)c1ccnc(Nc2ccc(N=C(CC)C(=O)N3CCN(C)CC3C)cc2)n1. The van der Waals surface area contributed by atoms with Crippen LogP contribution in [-0.2, 0) is 9.53 Å². The number of carbonyl (C=O) groups excluding carboxylic acids is 1. The molecule has 1 aromatic heterocycles. The fraction of sp³-hybridized carbons (Fsp3) is 0.433. The van der Waals surface area contributed by atoms with Gasteiger partial charge in [-0.1, -0.05) is 13.8 Å². The van der Waals surface area contributed by atoms with Gasteiger partial charge in [0.2, 0.25) is 5.95 Å². The molecule has 2 aromatic rings. The average Bonchev–Trinajstić information content (AvgIpc) is 2.94. The molecule has 0 bridgehead atoms. The zero-order chi connectivity index (χ0) is 28.4. The Morgan fingerprint density at radius 1 is 1.26 bits per heavy atom. The van der Waals surface area contributed by atoms with E-state index in [2.05, 4.69) is 57.8 Å². The van der Waals surface area contributed by atoms with Crippen LogP contribution in [0.25, 0.3) is 5.70 Å². The lowest BCUT2D eigenvalue weighted by molar-refractivity contribution is -0.128. The quantitative estimate of drug-likeness (QED) is 0.230. The number of likely N-dealkylation sites (N-methyl/N-ethyl adjacent to an activating group) is 1. The van der Waals surface area contributed by atoms with Crippen LogP contribution >= 0.6 is 0 Å². The highest BCUT2D eigenvalue weighted by Gasteiger charge is 2.28. The lowest BCUT2D eigenvalue weighted by Crippen LogP contribution is -2.54. The fourth-order valence-electron chi connectivity index (χ4n) is 4.19. The van der Waals surface area contributed by atoms with E-state index >= 15 is 0 Å². The first-order chi connectivity index (χ1) is 18.8. The summed E-state index contributed by atoms with van der Waals surface area (Å²) >= 11 is 0. The minimum absolute atomic E-state index is 0.0147. The van der Waals surface area contributed by atoms with E-state index in [1.54, 1.807) is 12.3 Å². The molecule has 2 heterocycles. The van der Waals surface area contributed by atoms with Gasteiger partial charge in [0.05, 0.1) is 23.2 Å². The van der Waals surface area contributed by atoms with Crippen molar-refractivity contribution in [2.75, 3.05) is 32.0 Å². The first-order valence-corrected chi connectivity index (χ1v) is 13.6. The molecule has 2 unspecified atom stereocenters. The predicted octanol–water partition coefficient (Wildman–Crippen LogP) is 5.63. The molecule has 0 saturated carbocycles. The number of amides is 1. The number of allylic oxidation sites excluding steroid dienone is 2. The van der Waals surface area contributed by atoms with Crippen molar-refractivity contribution >= 4 is 41.4 Å². The van der Waals surface area contributed by atoms with Crippen LogP contribution in [-0.4, -0.2) is 76.9 Å². The monoisotopic (exact) mass is 531 g/mol. The molecule has 0 spiro atoms. The molecule has 1 amide bonds. The van der Waals surface area contributed by atoms with Gasteiger partial charge < -0.3 is 19.9 Å². The highest BCUT2D eigenvalue weighted by Crippen LogP contribution is 2.22. The number of nitrogens with zero attached hydrogens (tertiary/aromatic N) is 6. The van der Waals surface area contributed by atoms with Crippen molar-refractivity contribution in [3.63, 3.8) is 0 Å². The second-order valence-electron chi connectivity index (χ2n) is 9.67. The molecule has 9 nitrogen and oxygen atoms in total. The summed E-state index contributed by atoms with van der Waals surface area (Å²) in [6.07, 6.45) is 6.96. The molecule has 0 aliphatic carbocycles. The number of aromatic nitrogens is 2. The topological polar surface area (TPSA) is 95.3 Å². The van der Waals surface area contributed by atoms with E-state index in [-0.39, 0.29) is 18.1 Å². The molecule has 1 aliphatic rings. The van der Waals surface area contributed by atoms with E-state index in [9.17, 15) is 4.79 Å². The van der Waals surface area contributed by atoms with Crippen LogP contribution in [0.1, 0.15) is 53.2 Å². The number of aliphatic imine (C=N–C) groups is 2. The van der Waals surface area contributed by atoms with E-state index in [1.807, 2.05) is 62.1 Å². The smallest absolute Gasteiger partial charge is 0.268 e. The van der Waals surface area contributed by atoms with E-state index in [0.717, 1.165) is 37.4 Å². The number of carbonyl (C=O) groups is 1. The van der Waals surface area contributed by atoms with E-state index in [4.69, 9.17) is 4.74 Å². The third-order valence-electron chi connectivity index (χ3n) is 6.62. The maximum atomic E-state index is 13.1. The number of hydrogen-bond donors (Lipinski definition) is 1. The molecule has 1 saturated heterocycles. The summed E-state index contributed by atoms with van der Waals surface area (Å²) in [5.74, 6) is 1.15. The number of ether oxygens (including phenoxy) is 1. The number of nitrogens with one attached hydrogen (secondary N) is 1. The second-order valence-corrected chi connectivity index (χ2v) is 9.67. The Bertz CT molecular complexity index is 1220. The second kappa shape index (κ2) is 14.3. The van der Waals surface area contributed by atoms with E-state index in [1.165, 1.54) is 0 Å². The summed E-state index contributed by atoms with van der Waals surface area (Å²) in [5.41, 5.74) is 3.31. The third kappa shape index (κ3) is 8.32.